The van der Waals surface area contributed by atoms with Crippen LogP contribution < -0.4 is 0 Å². The largest absolute Gasteiger partial charge is 0.462 e. The molecular formula is C44H84O6. The van der Waals surface area contributed by atoms with Crippen LogP contribution in [0.4, 0.5) is 0 Å². The van der Waals surface area contributed by atoms with E-state index in [1.54, 1.807) is 0 Å². The van der Waals surface area contributed by atoms with E-state index in [-0.39, 0.29) is 31.1 Å². The lowest BCUT2D eigenvalue weighted by Gasteiger charge is -2.18. The molecule has 0 heterocycles. The van der Waals surface area contributed by atoms with Crippen molar-refractivity contribution in [2.75, 3.05) is 13.2 Å². The van der Waals surface area contributed by atoms with Gasteiger partial charge in [-0.15, -0.1) is 0 Å². The molecule has 50 heavy (non-hydrogen) atoms. The Morgan fingerprint density at radius 1 is 0.380 bits per heavy atom. The molecule has 0 saturated carbocycles. The molecule has 0 bridgehead atoms. The van der Waals surface area contributed by atoms with E-state index >= 15 is 0 Å². The maximum absolute atomic E-state index is 12.7. The Balaban J connectivity index is 4.33. The van der Waals surface area contributed by atoms with Gasteiger partial charge in [0.25, 0.3) is 0 Å². The van der Waals surface area contributed by atoms with Gasteiger partial charge < -0.3 is 14.2 Å². The van der Waals surface area contributed by atoms with E-state index in [1.807, 2.05) is 0 Å². The Kier molecular flexibility index (Phi) is 37.4. The monoisotopic (exact) mass is 709 g/mol. The van der Waals surface area contributed by atoms with Gasteiger partial charge in [-0.3, -0.25) is 14.4 Å². The molecule has 6 nitrogen and oxygen atoms in total. The van der Waals surface area contributed by atoms with Gasteiger partial charge in [0.15, 0.2) is 6.10 Å². The lowest BCUT2D eigenvalue weighted by Crippen LogP contribution is -2.30. The van der Waals surface area contributed by atoms with Gasteiger partial charge in [-0.05, 0) is 25.2 Å². The van der Waals surface area contributed by atoms with Gasteiger partial charge in [-0.25, -0.2) is 0 Å². The first-order valence-corrected chi connectivity index (χ1v) is 21.9. The van der Waals surface area contributed by atoms with Gasteiger partial charge in [0.05, 0.1) is 0 Å². The summed E-state index contributed by atoms with van der Waals surface area (Å²) < 4.78 is 16.7. The molecule has 296 valence electrons. The summed E-state index contributed by atoms with van der Waals surface area (Å²) in [6, 6.07) is 0. The van der Waals surface area contributed by atoms with Crippen LogP contribution in [0.2, 0.25) is 0 Å². The van der Waals surface area contributed by atoms with Gasteiger partial charge in [-0.2, -0.15) is 0 Å². The highest BCUT2D eigenvalue weighted by Crippen LogP contribution is 2.15. The number of rotatable bonds is 39. The molecule has 0 aromatic rings. The highest BCUT2D eigenvalue weighted by Gasteiger charge is 2.19. The summed E-state index contributed by atoms with van der Waals surface area (Å²) in [7, 11) is 0. The number of ether oxygens (including phenoxy) is 3. The van der Waals surface area contributed by atoms with Crippen molar-refractivity contribution in [3.05, 3.63) is 0 Å². The normalized spacial score (nSPS) is 11.9. The fraction of sp³-hybridized carbons (Fsp3) is 0.932. The van der Waals surface area contributed by atoms with Crippen LogP contribution in [0.3, 0.4) is 0 Å². The van der Waals surface area contributed by atoms with E-state index in [0.29, 0.717) is 19.3 Å². The third-order valence-electron chi connectivity index (χ3n) is 9.79. The standard InChI is InChI=1S/C44H84O6/c1-5-7-9-11-13-15-17-19-21-23-29-33-37-44(47)50-41(39-49-43(46)36-32-28-25-24-26-30-34-40(3)4)38-48-42(45)35-31-27-22-20-18-16-14-12-10-8-6-2/h40-41H,5-39H2,1-4H3/t41-/m0/s1. The van der Waals surface area contributed by atoms with E-state index in [4.69, 9.17) is 14.2 Å². The fourth-order valence-corrected chi connectivity index (χ4v) is 6.45. The number of unbranched alkanes of at least 4 members (excludes halogenated alkanes) is 26. The first-order chi connectivity index (χ1) is 24.4. The zero-order chi connectivity index (χ0) is 36.8. The molecule has 0 radical (unpaired) electrons. The van der Waals surface area contributed by atoms with Crippen LogP contribution in [-0.4, -0.2) is 37.2 Å². The predicted octanol–water partition coefficient (Wildman–Crippen LogP) is 13.6. The van der Waals surface area contributed by atoms with Crippen molar-refractivity contribution < 1.29 is 28.6 Å². The smallest absolute Gasteiger partial charge is 0.306 e. The van der Waals surface area contributed by atoms with E-state index in [2.05, 4.69) is 27.7 Å². The number of carbonyl (C=O) groups is 3. The summed E-state index contributed by atoms with van der Waals surface area (Å²) >= 11 is 0. The van der Waals surface area contributed by atoms with Crippen LogP contribution in [0, 0.1) is 5.92 Å². The van der Waals surface area contributed by atoms with E-state index < -0.39 is 6.10 Å². The van der Waals surface area contributed by atoms with Crippen molar-refractivity contribution in [2.45, 2.75) is 246 Å². The fourth-order valence-electron chi connectivity index (χ4n) is 6.45. The summed E-state index contributed by atoms with van der Waals surface area (Å²) in [4.78, 5) is 37.6. The van der Waals surface area contributed by atoms with Crippen molar-refractivity contribution in [1.82, 2.24) is 0 Å². The number of carbonyl (C=O) groups excluding carboxylic acids is 3. The molecule has 1 atom stereocenters. The quantitative estimate of drug-likeness (QED) is 0.0359. The second-order valence-electron chi connectivity index (χ2n) is 15.5. The van der Waals surface area contributed by atoms with Crippen molar-refractivity contribution in [3.8, 4) is 0 Å². The molecule has 0 N–H and O–H groups in total. The van der Waals surface area contributed by atoms with E-state index in [9.17, 15) is 14.4 Å². The molecule has 6 heteroatoms. The van der Waals surface area contributed by atoms with Crippen molar-refractivity contribution in [2.24, 2.45) is 5.92 Å². The zero-order valence-corrected chi connectivity index (χ0v) is 33.9. The molecule has 0 aliphatic rings. The predicted molar refractivity (Wildman–Crippen MR) is 210 cm³/mol. The van der Waals surface area contributed by atoms with Crippen LogP contribution >= 0.6 is 0 Å². The SMILES string of the molecule is CCCCCCCCCCCCCCC(=O)O[C@@H](COC(=O)CCCCCCCCCCCCC)COC(=O)CCCCCCCCC(C)C. The Morgan fingerprint density at radius 3 is 0.980 bits per heavy atom. The van der Waals surface area contributed by atoms with E-state index in [0.717, 1.165) is 63.7 Å². The molecule has 0 spiro atoms. The van der Waals surface area contributed by atoms with E-state index in [1.165, 1.54) is 135 Å². The molecule has 0 aromatic heterocycles. The van der Waals surface area contributed by atoms with Gasteiger partial charge in [-0.1, -0.05) is 201 Å². The summed E-state index contributed by atoms with van der Waals surface area (Å²) in [6.07, 6.45) is 36.6. The molecule has 0 fully saturated rings. The average Bonchev–Trinajstić information content (AvgIpc) is 3.09. The maximum Gasteiger partial charge on any atom is 0.306 e. The number of hydrogen-bond donors (Lipinski definition) is 0. The lowest BCUT2D eigenvalue weighted by molar-refractivity contribution is -0.167. The molecule has 0 aliphatic carbocycles. The molecule has 0 rings (SSSR count). The first kappa shape index (κ1) is 48.4. The topological polar surface area (TPSA) is 78.9 Å². The van der Waals surface area contributed by atoms with Crippen molar-refractivity contribution >= 4 is 17.9 Å². The van der Waals surface area contributed by atoms with Gasteiger partial charge >= 0.3 is 17.9 Å². The molecule has 0 amide bonds. The molecule has 0 aromatic carbocycles. The minimum Gasteiger partial charge on any atom is -0.462 e. The summed E-state index contributed by atoms with van der Waals surface area (Å²) in [5.74, 6) is -0.0982. The van der Waals surface area contributed by atoms with Gasteiger partial charge in [0.2, 0.25) is 0 Å². The average molecular weight is 709 g/mol. The number of hydrogen-bond acceptors (Lipinski definition) is 6. The Hall–Kier alpha value is -1.59. The Bertz CT molecular complexity index is 751. The molecule has 0 aliphatic heterocycles. The Labute approximate surface area is 310 Å². The zero-order valence-electron chi connectivity index (χ0n) is 33.9. The third kappa shape index (κ3) is 37.7. The van der Waals surface area contributed by atoms with Crippen molar-refractivity contribution in [1.29, 1.82) is 0 Å². The van der Waals surface area contributed by atoms with Gasteiger partial charge in [0.1, 0.15) is 13.2 Å². The van der Waals surface area contributed by atoms with Crippen LogP contribution in [0.25, 0.3) is 0 Å². The van der Waals surface area contributed by atoms with Crippen LogP contribution in [0.1, 0.15) is 240 Å². The molecular weight excluding hydrogens is 624 g/mol. The second kappa shape index (κ2) is 38.6. The minimum absolute atomic E-state index is 0.0648. The van der Waals surface area contributed by atoms with Crippen molar-refractivity contribution in [3.63, 3.8) is 0 Å². The number of esters is 3. The summed E-state index contributed by atoms with van der Waals surface area (Å²) in [6.45, 7) is 8.91. The van der Waals surface area contributed by atoms with Crippen LogP contribution in [0.15, 0.2) is 0 Å². The summed E-state index contributed by atoms with van der Waals surface area (Å²) in [5, 5.41) is 0. The maximum atomic E-state index is 12.7. The summed E-state index contributed by atoms with van der Waals surface area (Å²) in [5.41, 5.74) is 0. The molecule has 0 saturated heterocycles. The van der Waals surface area contributed by atoms with Gasteiger partial charge in [0, 0.05) is 19.3 Å². The highest BCUT2D eigenvalue weighted by molar-refractivity contribution is 5.71. The van der Waals surface area contributed by atoms with Crippen LogP contribution in [-0.2, 0) is 28.6 Å². The first-order valence-electron chi connectivity index (χ1n) is 21.9. The lowest BCUT2D eigenvalue weighted by atomic mass is 10.0. The second-order valence-corrected chi connectivity index (χ2v) is 15.5. The molecule has 0 unspecified atom stereocenters. The third-order valence-corrected chi connectivity index (χ3v) is 9.79. The Morgan fingerprint density at radius 2 is 0.660 bits per heavy atom. The minimum atomic E-state index is -0.758. The van der Waals surface area contributed by atoms with Crippen LogP contribution in [0.5, 0.6) is 0 Å². The highest BCUT2D eigenvalue weighted by atomic mass is 16.6.